The second-order valence-electron chi connectivity index (χ2n) is 13.8. The van der Waals surface area contributed by atoms with Gasteiger partial charge in [0.25, 0.3) is 17.7 Å². The zero-order chi connectivity index (χ0) is 35.1. The molecule has 9 nitrogen and oxygen atoms in total. The van der Waals surface area contributed by atoms with E-state index in [9.17, 15) is 14.4 Å². The van der Waals surface area contributed by atoms with Crippen LogP contribution >= 0.6 is 11.3 Å². The maximum absolute atomic E-state index is 14.0. The lowest BCUT2D eigenvalue weighted by Gasteiger charge is -2.53. The first-order valence-electron chi connectivity index (χ1n) is 17.4. The maximum Gasteiger partial charge on any atom is 0.265 e. The number of carbonyl (C=O) groups excluding carboxylic acids is 3. The number of aromatic nitrogens is 1. The first-order valence-corrected chi connectivity index (χ1v) is 18.2. The van der Waals surface area contributed by atoms with Crippen LogP contribution in [-0.2, 0) is 11.2 Å². The number of para-hydroxylation sites is 2. The van der Waals surface area contributed by atoms with Gasteiger partial charge in [-0.3, -0.25) is 14.4 Å². The van der Waals surface area contributed by atoms with E-state index in [4.69, 9.17) is 4.74 Å². The number of hydrogen-bond acceptors (Lipinski definition) is 7. The van der Waals surface area contributed by atoms with Gasteiger partial charge in [0.2, 0.25) is 0 Å². The first kappa shape index (κ1) is 32.9. The SMILES string of the molecule is Cc1cccc(C)c1NC(=O)c1cc2c(s1)-c1ccccc1N(C(=O)c1ccc(NC(=O)c3cccnc3N3CC4(CCOCC4)C3)cc1)CC2. The molecule has 0 radical (unpaired) electrons. The topological polar surface area (TPSA) is 104 Å². The molecule has 1 spiro atoms. The number of nitrogens with one attached hydrogen (secondary N) is 2. The molecule has 0 atom stereocenters. The standard InChI is InChI=1S/C41H39N5O4S/c1-26-7-5-8-27(2)35(26)44-39(48)34-23-29-16-20-46(33-11-4-3-9-31(33)36(29)51-34)40(49)28-12-14-30(15-13-28)43-38(47)32-10-6-19-42-37(32)45-24-41(25-45)17-21-50-22-18-41/h3-15,19,23H,16-18,20-22,24-25H2,1-2H3,(H,43,47)(H,44,48). The summed E-state index contributed by atoms with van der Waals surface area (Å²) in [7, 11) is 0. The molecule has 0 saturated carbocycles. The molecule has 3 aliphatic heterocycles. The highest BCUT2D eigenvalue weighted by molar-refractivity contribution is 7.17. The minimum absolute atomic E-state index is 0.127. The number of thiophene rings is 1. The van der Waals surface area contributed by atoms with Gasteiger partial charge in [0.1, 0.15) is 5.82 Å². The monoisotopic (exact) mass is 697 g/mol. The lowest BCUT2D eigenvalue weighted by Crippen LogP contribution is -2.59. The number of nitrogens with zero attached hydrogens (tertiary/aromatic N) is 3. The van der Waals surface area contributed by atoms with Crippen molar-refractivity contribution >= 4 is 51.9 Å². The Morgan fingerprint density at radius 2 is 1.59 bits per heavy atom. The van der Waals surface area contributed by atoms with Crippen LogP contribution in [0.25, 0.3) is 10.4 Å². The van der Waals surface area contributed by atoms with Crippen LogP contribution in [0.3, 0.4) is 0 Å². The maximum atomic E-state index is 14.0. The number of ether oxygens (including phenoxy) is 1. The summed E-state index contributed by atoms with van der Waals surface area (Å²) in [6.45, 7) is 7.78. The number of rotatable bonds is 6. The Bertz CT molecular complexity index is 2130. The van der Waals surface area contributed by atoms with Gasteiger partial charge in [-0.15, -0.1) is 11.3 Å². The summed E-state index contributed by atoms with van der Waals surface area (Å²) in [5.74, 6) is 0.200. The third kappa shape index (κ3) is 6.30. The minimum Gasteiger partial charge on any atom is -0.381 e. The third-order valence-corrected chi connectivity index (χ3v) is 11.6. The highest BCUT2D eigenvalue weighted by Crippen LogP contribution is 2.43. The first-order chi connectivity index (χ1) is 24.8. The quantitative estimate of drug-likeness (QED) is 0.188. The van der Waals surface area contributed by atoms with Gasteiger partial charge in [-0.25, -0.2) is 4.98 Å². The normalized spacial score (nSPS) is 16.0. The summed E-state index contributed by atoms with van der Waals surface area (Å²) in [6, 6.07) is 26.4. The van der Waals surface area contributed by atoms with Crippen molar-refractivity contribution in [1.29, 1.82) is 0 Å². The smallest absolute Gasteiger partial charge is 0.265 e. The summed E-state index contributed by atoms with van der Waals surface area (Å²) in [5.41, 5.74) is 7.55. The highest BCUT2D eigenvalue weighted by Gasteiger charge is 2.45. The lowest BCUT2D eigenvalue weighted by molar-refractivity contribution is -0.000510. The van der Waals surface area contributed by atoms with Crippen molar-refractivity contribution in [2.45, 2.75) is 33.1 Å². The summed E-state index contributed by atoms with van der Waals surface area (Å²) < 4.78 is 5.56. The molecule has 0 aliphatic carbocycles. The lowest BCUT2D eigenvalue weighted by atomic mass is 9.73. The Hall–Kier alpha value is -5.32. The second kappa shape index (κ2) is 13.4. The van der Waals surface area contributed by atoms with Crippen LogP contribution in [0.15, 0.2) is 91.1 Å². The van der Waals surface area contributed by atoms with Crippen molar-refractivity contribution in [2.75, 3.05) is 53.3 Å². The Morgan fingerprint density at radius 1 is 0.843 bits per heavy atom. The van der Waals surface area contributed by atoms with Gasteiger partial charge in [0, 0.05) is 71.8 Å². The highest BCUT2D eigenvalue weighted by atomic mass is 32.1. The van der Waals surface area contributed by atoms with Gasteiger partial charge in [-0.05, 0) is 98.3 Å². The van der Waals surface area contributed by atoms with Crippen molar-refractivity contribution in [3.05, 3.63) is 124 Å². The molecule has 51 heavy (non-hydrogen) atoms. The van der Waals surface area contributed by atoms with Gasteiger partial charge in [-0.2, -0.15) is 0 Å². The molecule has 3 aliphatic rings. The Morgan fingerprint density at radius 3 is 2.35 bits per heavy atom. The fraction of sp³-hybridized carbons (Fsp3) is 0.268. The van der Waals surface area contributed by atoms with Crippen molar-refractivity contribution in [3.8, 4) is 10.4 Å². The predicted molar refractivity (Wildman–Crippen MR) is 202 cm³/mol. The van der Waals surface area contributed by atoms with E-state index in [1.807, 2.05) is 67.3 Å². The zero-order valence-electron chi connectivity index (χ0n) is 28.7. The molecule has 10 heteroatoms. The second-order valence-corrected chi connectivity index (χ2v) is 14.8. The van der Waals surface area contributed by atoms with Crippen LogP contribution in [0, 0.1) is 19.3 Å². The average Bonchev–Trinajstić information content (AvgIpc) is 3.50. The fourth-order valence-electron chi connectivity index (χ4n) is 7.52. The number of anilines is 4. The number of pyridine rings is 1. The average molecular weight is 698 g/mol. The molecular weight excluding hydrogens is 659 g/mol. The summed E-state index contributed by atoms with van der Waals surface area (Å²) in [4.78, 5) is 51.1. The van der Waals surface area contributed by atoms with E-state index in [2.05, 4.69) is 20.5 Å². The van der Waals surface area contributed by atoms with E-state index in [1.54, 1.807) is 42.6 Å². The molecule has 2 aromatic heterocycles. The van der Waals surface area contributed by atoms with Gasteiger partial charge in [-0.1, -0.05) is 36.4 Å². The summed E-state index contributed by atoms with van der Waals surface area (Å²) in [6.07, 6.45) is 4.41. The van der Waals surface area contributed by atoms with Gasteiger partial charge in [0.15, 0.2) is 0 Å². The fourth-order valence-corrected chi connectivity index (χ4v) is 8.66. The van der Waals surface area contributed by atoms with E-state index in [1.165, 1.54) is 11.3 Å². The molecular formula is C41H39N5O4S. The van der Waals surface area contributed by atoms with Crippen molar-refractivity contribution in [2.24, 2.45) is 5.41 Å². The molecule has 2 N–H and O–H groups in total. The summed E-state index contributed by atoms with van der Waals surface area (Å²) in [5, 5.41) is 6.12. The van der Waals surface area contributed by atoms with Crippen LogP contribution in [-0.4, -0.2) is 55.6 Å². The molecule has 8 rings (SSSR count). The zero-order valence-corrected chi connectivity index (χ0v) is 29.5. The van der Waals surface area contributed by atoms with Crippen LogP contribution in [0.5, 0.6) is 0 Å². The summed E-state index contributed by atoms with van der Waals surface area (Å²) >= 11 is 1.46. The molecule has 0 unspecified atom stereocenters. The van der Waals surface area contributed by atoms with Crippen molar-refractivity contribution in [3.63, 3.8) is 0 Å². The number of carbonyl (C=O) groups is 3. The van der Waals surface area contributed by atoms with Crippen molar-refractivity contribution in [1.82, 2.24) is 4.98 Å². The third-order valence-electron chi connectivity index (χ3n) is 10.4. The van der Waals surface area contributed by atoms with Crippen LogP contribution in [0.1, 0.15) is 59.9 Å². The largest absolute Gasteiger partial charge is 0.381 e. The Balaban J connectivity index is 0.968. The molecule has 258 valence electrons. The number of fused-ring (bicyclic) bond motifs is 3. The van der Waals surface area contributed by atoms with E-state index in [0.717, 1.165) is 77.7 Å². The van der Waals surface area contributed by atoms with Crippen LogP contribution in [0.2, 0.25) is 0 Å². The molecule has 2 fully saturated rings. The minimum atomic E-state index is -0.236. The molecule has 0 bridgehead atoms. The van der Waals surface area contributed by atoms with E-state index in [-0.39, 0.29) is 23.1 Å². The molecule has 3 amide bonds. The Labute approximate surface area is 301 Å². The molecule has 5 aromatic rings. The molecule has 3 aromatic carbocycles. The van der Waals surface area contributed by atoms with Gasteiger partial charge < -0.3 is 25.2 Å². The number of amides is 3. The van der Waals surface area contributed by atoms with E-state index < -0.39 is 0 Å². The van der Waals surface area contributed by atoms with Crippen molar-refractivity contribution < 1.29 is 19.1 Å². The molecule has 2 saturated heterocycles. The van der Waals surface area contributed by atoms with Crippen LogP contribution in [0.4, 0.5) is 22.9 Å². The van der Waals surface area contributed by atoms with E-state index in [0.29, 0.717) is 40.5 Å². The van der Waals surface area contributed by atoms with Gasteiger partial charge in [0.05, 0.1) is 16.1 Å². The number of benzene rings is 3. The number of hydrogen-bond donors (Lipinski definition) is 2. The Kier molecular flexibility index (Phi) is 8.65. The number of aryl methyl sites for hydroxylation is 2. The van der Waals surface area contributed by atoms with Crippen LogP contribution < -0.4 is 20.4 Å². The predicted octanol–water partition coefficient (Wildman–Crippen LogP) is 7.75. The van der Waals surface area contributed by atoms with Gasteiger partial charge >= 0.3 is 0 Å². The molecule has 5 heterocycles. The van der Waals surface area contributed by atoms with E-state index >= 15 is 0 Å².